The molecule has 3 amide bonds. The summed E-state index contributed by atoms with van der Waals surface area (Å²) >= 11 is 0. The molecule has 1 aliphatic carbocycles. The lowest BCUT2D eigenvalue weighted by Gasteiger charge is -2.36. The van der Waals surface area contributed by atoms with Crippen LogP contribution >= 0.6 is 0 Å². The number of halogens is 1. The van der Waals surface area contributed by atoms with Crippen LogP contribution in [-0.4, -0.2) is 17.5 Å². The zero-order valence-corrected chi connectivity index (χ0v) is 15.3. The minimum absolute atomic E-state index is 0.313. The molecule has 0 aliphatic heterocycles. The molecule has 1 fully saturated rings. The highest BCUT2D eigenvalue weighted by Gasteiger charge is 2.41. The van der Waals surface area contributed by atoms with Crippen molar-refractivity contribution in [2.45, 2.75) is 44.6 Å². The summed E-state index contributed by atoms with van der Waals surface area (Å²) in [6.45, 7) is 1.97. The third kappa shape index (κ3) is 4.84. The molecule has 0 radical (unpaired) electrons. The number of aryl methyl sites for hydroxylation is 1. The van der Waals surface area contributed by atoms with Crippen molar-refractivity contribution in [3.8, 4) is 0 Å². The Morgan fingerprint density at radius 2 is 1.63 bits per heavy atom. The van der Waals surface area contributed by atoms with E-state index in [0.717, 1.165) is 24.8 Å². The van der Waals surface area contributed by atoms with Crippen molar-refractivity contribution in [3.63, 3.8) is 0 Å². The van der Waals surface area contributed by atoms with Gasteiger partial charge < -0.3 is 16.0 Å². The summed E-state index contributed by atoms with van der Waals surface area (Å²) in [5.41, 5.74) is 1.14. The molecule has 0 heterocycles. The average Bonchev–Trinajstić information content (AvgIpc) is 2.64. The summed E-state index contributed by atoms with van der Waals surface area (Å²) < 4.78 is 13.4. The number of carbonyl (C=O) groups is 2. The molecule has 1 saturated carbocycles. The Hall–Kier alpha value is -2.89. The number of urea groups is 1. The fourth-order valence-corrected chi connectivity index (χ4v) is 3.40. The van der Waals surface area contributed by atoms with Gasteiger partial charge in [-0.25, -0.2) is 9.18 Å². The molecule has 0 aromatic heterocycles. The van der Waals surface area contributed by atoms with E-state index in [1.165, 1.54) is 18.2 Å². The van der Waals surface area contributed by atoms with Crippen molar-refractivity contribution < 1.29 is 14.0 Å². The number of rotatable bonds is 4. The minimum atomic E-state index is -1.00. The first-order chi connectivity index (χ1) is 13.0. The number of nitrogens with one attached hydrogen (secondary N) is 3. The molecule has 2 aromatic carbocycles. The molecule has 3 rings (SSSR count). The highest BCUT2D eigenvalue weighted by Crippen LogP contribution is 2.30. The number of anilines is 2. The predicted octanol–water partition coefficient (Wildman–Crippen LogP) is 4.60. The fraction of sp³-hybridized carbons (Fsp3) is 0.333. The van der Waals surface area contributed by atoms with E-state index in [4.69, 9.17) is 0 Å². The second kappa shape index (κ2) is 8.20. The highest BCUT2D eigenvalue weighted by molar-refractivity contribution is 6.02. The Morgan fingerprint density at radius 1 is 0.926 bits per heavy atom. The molecule has 1 aliphatic rings. The van der Waals surface area contributed by atoms with Gasteiger partial charge in [0.2, 0.25) is 5.91 Å². The standard InChI is InChI=1S/C21H24FN3O2/c1-15-8-10-17(11-9-15)24-20(27)25-21(12-3-2-4-13-21)19(26)23-18-7-5-6-16(22)14-18/h5-11,14H,2-4,12-13H2,1H3,(H,23,26)(H2,24,25,27). The van der Waals surface area contributed by atoms with Crippen molar-refractivity contribution in [1.82, 2.24) is 5.32 Å². The largest absolute Gasteiger partial charge is 0.324 e. The van der Waals surface area contributed by atoms with Crippen molar-refractivity contribution >= 4 is 23.3 Å². The second-order valence-corrected chi connectivity index (χ2v) is 7.05. The van der Waals surface area contributed by atoms with Gasteiger partial charge in [0.15, 0.2) is 0 Å². The van der Waals surface area contributed by atoms with E-state index in [0.29, 0.717) is 24.2 Å². The first kappa shape index (κ1) is 18.9. The summed E-state index contributed by atoms with van der Waals surface area (Å²) in [7, 11) is 0. The lowest BCUT2D eigenvalue weighted by molar-refractivity contribution is -0.123. The first-order valence-electron chi connectivity index (χ1n) is 9.20. The SMILES string of the molecule is Cc1ccc(NC(=O)NC2(C(=O)Nc3cccc(F)c3)CCCCC2)cc1. The number of amides is 3. The van der Waals surface area contributed by atoms with Crippen molar-refractivity contribution in [3.05, 3.63) is 59.9 Å². The van der Waals surface area contributed by atoms with Gasteiger partial charge in [-0.05, 0) is 50.1 Å². The summed E-state index contributed by atoms with van der Waals surface area (Å²) in [6, 6.07) is 12.8. The molecular weight excluding hydrogens is 345 g/mol. The summed E-state index contributed by atoms with van der Waals surface area (Å²) in [6.07, 6.45) is 3.82. The molecule has 5 nitrogen and oxygen atoms in total. The van der Waals surface area contributed by atoms with Gasteiger partial charge in [0.1, 0.15) is 11.4 Å². The summed E-state index contributed by atoms with van der Waals surface area (Å²) in [5, 5.41) is 8.40. The van der Waals surface area contributed by atoms with Crippen molar-refractivity contribution in [2.75, 3.05) is 10.6 Å². The lowest BCUT2D eigenvalue weighted by atomic mass is 9.81. The van der Waals surface area contributed by atoms with Gasteiger partial charge in [0, 0.05) is 11.4 Å². The third-order valence-corrected chi connectivity index (χ3v) is 4.89. The number of hydrogen-bond acceptors (Lipinski definition) is 2. The average molecular weight is 369 g/mol. The molecular formula is C21H24FN3O2. The van der Waals surface area contributed by atoms with Crippen LogP contribution in [0, 0.1) is 12.7 Å². The maximum atomic E-state index is 13.4. The molecule has 3 N–H and O–H groups in total. The molecule has 27 heavy (non-hydrogen) atoms. The Labute approximate surface area is 158 Å². The topological polar surface area (TPSA) is 70.2 Å². The van der Waals surface area contributed by atoms with E-state index in [1.807, 2.05) is 31.2 Å². The van der Waals surface area contributed by atoms with Crippen LogP contribution in [0.25, 0.3) is 0 Å². The fourth-order valence-electron chi connectivity index (χ4n) is 3.40. The van der Waals surface area contributed by atoms with Crippen LogP contribution in [-0.2, 0) is 4.79 Å². The predicted molar refractivity (Wildman–Crippen MR) is 104 cm³/mol. The van der Waals surface area contributed by atoms with Crippen LogP contribution in [0.15, 0.2) is 48.5 Å². The van der Waals surface area contributed by atoms with Crippen LogP contribution in [0.1, 0.15) is 37.7 Å². The number of hydrogen-bond donors (Lipinski definition) is 3. The van der Waals surface area contributed by atoms with Gasteiger partial charge in [-0.1, -0.05) is 43.0 Å². The zero-order valence-electron chi connectivity index (χ0n) is 15.3. The first-order valence-corrected chi connectivity index (χ1v) is 9.20. The van der Waals surface area contributed by atoms with E-state index in [2.05, 4.69) is 16.0 Å². The maximum absolute atomic E-state index is 13.4. The molecule has 6 heteroatoms. The van der Waals surface area contributed by atoms with E-state index >= 15 is 0 Å². The zero-order chi connectivity index (χ0) is 19.3. The van der Waals surface area contributed by atoms with Gasteiger partial charge in [-0.3, -0.25) is 4.79 Å². The van der Waals surface area contributed by atoms with Crippen LogP contribution in [0.4, 0.5) is 20.6 Å². The molecule has 0 spiro atoms. The van der Waals surface area contributed by atoms with Crippen molar-refractivity contribution in [2.24, 2.45) is 0 Å². The Kier molecular flexibility index (Phi) is 5.74. The Morgan fingerprint density at radius 3 is 2.30 bits per heavy atom. The normalized spacial score (nSPS) is 15.6. The maximum Gasteiger partial charge on any atom is 0.320 e. The van der Waals surface area contributed by atoms with Gasteiger partial charge in [0.05, 0.1) is 0 Å². The summed E-state index contributed by atoms with van der Waals surface area (Å²) in [5.74, 6) is -0.734. The van der Waals surface area contributed by atoms with Gasteiger partial charge in [-0.2, -0.15) is 0 Å². The van der Waals surface area contributed by atoms with Crippen molar-refractivity contribution in [1.29, 1.82) is 0 Å². The van der Waals surface area contributed by atoms with Crippen LogP contribution in [0.3, 0.4) is 0 Å². The van der Waals surface area contributed by atoms with E-state index in [-0.39, 0.29) is 5.91 Å². The van der Waals surface area contributed by atoms with Gasteiger partial charge in [0.25, 0.3) is 0 Å². The van der Waals surface area contributed by atoms with Crippen LogP contribution in [0.2, 0.25) is 0 Å². The van der Waals surface area contributed by atoms with Crippen LogP contribution in [0.5, 0.6) is 0 Å². The van der Waals surface area contributed by atoms with E-state index < -0.39 is 17.4 Å². The van der Waals surface area contributed by atoms with E-state index in [1.54, 1.807) is 6.07 Å². The molecule has 0 bridgehead atoms. The Balaban J connectivity index is 1.72. The van der Waals surface area contributed by atoms with Gasteiger partial charge in [-0.15, -0.1) is 0 Å². The molecule has 0 unspecified atom stereocenters. The quantitative estimate of drug-likeness (QED) is 0.737. The number of carbonyl (C=O) groups excluding carboxylic acids is 2. The summed E-state index contributed by atoms with van der Waals surface area (Å²) in [4.78, 5) is 25.5. The third-order valence-electron chi connectivity index (χ3n) is 4.89. The monoisotopic (exact) mass is 369 g/mol. The van der Waals surface area contributed by atoms with Crippen LogP contribution < -0.4 is 16.0 Å². The van der Waals surface area contributed by atoms with Gasteiger partial charge >= 0.3 is 6.03 Å². The molecule has 2 aromatic rings. The number of benzene rings is 2. The molecule has 142 valence electrons. The van der Waals surface area contributed by atoms with E-state index in [9.17, 15) is 14.0 Å². The second-order valence-electron chi connectivity index (χ2n) is 7.05. The highest BCUT2D eigenvalue weighted by atomic mass is 19.1. The molecule has 0 saturated heterocycles. The molecule has 0 atom stereocenters. The smallest absolute Gasteiger partial charge is 0.320 e. The minimum Gasteiger partial charge on any atom is -0.324 e. The lowest BCUT2D eigenvalue weighted by Crippen LogP contribution is -2.58. The Bertz CT molecular complexity index is 814.